The number of rotatable bonds is 5. The zero-order chi connectivity index (χ0) is 12.8. The Bertz CT molecular complexity index is 439. The molecule has 0 heterocycles. The van der Waals surface area contributed by atoms with E-state index in [0.29, 0.717) is 25.3 Å². The molecule has 1 atom stereocenters. The molecule has 2 rings (SSSR count). The molecule has 1 aromatic rings. The van der Waals surface area contributed by atoms with Crippen LogP contribution in [0.4, 0.5) is 0 Å². The molecule has 0 aliphatic heterocycles. The molecular weight excluding hydrogens is 248 g/mol. The minimum atomic E-state index is -0.804. The van der Waals surface area contributed by atoms with Gasteiger partial charge in [0.05, 0.1) is 5.60 Å². The molecule has 0 saturated carbocycles. The normalized spacial score (nSPS) is 22.7. The van der Waals surface area contributed by atoms with Gasteiger partial charge in [-0.3, -0.25) is 0 Å². The number of ether oxygens (including phenoxy) is 1. The van der Waals surface area contributed by atoms with Crippen molar-refractivity contribution in [1.82, 2.24) is 0 Å². The monoisotopic (exact) mass is 264 g/mol. The summed E-state index contributed by atoms with van der Waals surface area (Å²) in [6.45, 7) is 0.547. The maximum absolute atomic E-state index is 10.1. The quantitative estimate of drug-likeness (QED) is 0.826. The number of halogens is 1. The molecule has 0 aromatic heterocycles. The summed E-state index contributed by atoms with van der Waals surface area (Å²) >= 11 is 5.66. The molecule has 0 bridgehead atoms. The van der Waals surface area contributed by atoms with Crippen molar-refractivity contribution in [1.29, 1.82) is 0 Å². The lowest BCUT2D eigenvalue weighted by Gasteiger charge is -2.25. The standard InChI is InChI=1S/C15H17ClO2/c16-11-10-15(17)8-6-14(7-9-15)18-12-13-4-2-1-3-5-13/h1-8,17H,9-12H2. The van der Waals surface area contributed by atoms with Crippen molar-refractivity contribution < 1.29 is 9.84 Å². The molecule has 1 N–H and O–H groups in total. The second-order valence-corrected chi connectivity index (χ2v) is 4.84. The van der Waals surface area contributed by atoms with E-state index in [-0.39, 0.29) is 0 Å². The lowest BCUT2D eigenvalue weighted by Crippen LogP contribution is -2.27. The zero-order valence-corrected chi connectivity index (χ0v) is 10.9. The van der Waals surface area contributed by atoms with Crippen molar-refractivity contribution in [3.05, 3.63) is 59.9 Å². The molecule has 0 saturated heterocycles. The summed E-state index contributed by atoms with van der Waals surface area (Å²) in [5, 5.41) is 10.1. The first-order chi connectivity index (χ1) is 8.72. The Morgan fingerprint density at radius 1 is 1.28 bits per heavy atom. The van der Waals surface area contributed by atoms with E-state index >= 15 is 0 Å². The van der Waals surface area contributed by atoms with Crippen LogP contribution in [0.1, 0.15) is 18.4 Å². The minimum absolute atomic E-state index is 0.453. The Hall–Kier alpha value is -1.25. The van der Waals surface area contributed by atoms with Gasteiger partial charge in [0.2, 0.25) is 0 Å². The summed E-state index contributed by atoms with van der Waals surface area (Å²) in [5.41, 5.74) is 0.329. The van der Waals surface area contributed by atoms with Gasteiger partial charge in [-0.1, -0.05) is 30.3 Å². The van der Waals surface area contributed by atoms with Gasteiger partial charge < -0.3 is 9.84 Å². The molecular formula is C15H17ClO2. The van der Waals surface area contributed by atoms with Gasteiger partial charge >= 0.3 is 0 Å². The average Bonchev–Trinajstić information content (AvgIpc) is 2.40. The highest BCUT2D eigenvalue weighted by atomic mass is 35.5. The van der Waals surface area contributed by atoms with E-state index < -0.39 is 5.60 Å². The number of hydrogen-bond acceptors (Lipinski definition) is 2. The number of benzene rings is 1. The van der Waals surface area contributed by atoms with Crippen molar-refractivity contribution >= 4 is 11.6 Å². The third kappa shape index (κ3) is 3.62. The maximum atomic E-state index is 10.1. The fourth-order valence-electron chi connectivity index (χ4n) is 1.85. The van der Waals surface area contributed by atoms with E-state index in [2.05, 4.69) is 0 Å². The average molecular weight is 265 g/mol. The van der Waals surface area contributed by atoms with E-state index in [0.717, 1.165) is 11.3 Å². The third-order valence-electron chi connectivity index (χ3n) is 2.99. The molecule has 1 aliphatic carbocycles. The second-order valence-electron chi connectivity index (χ2n) is 4.46. The summed E-state index contributed by atoms with van der Waals surface area (Å²) < 4.78 is 5.67. The molecule has 0 amide bonds. The van der Waals surface area contributed by atoms with Gasteiger partial charge in [0.15, 0.2) is 0 Å². The van der Waals surface area contributed by atoms with Crippen LogP contribution in [0, 0.1) is 0 Å². The van der Waals surface area contributed by atoms with Gasteiger partial charge in [0.1, 0.15) is 12.4 Å². The Kier molecular flexibility index (Phi) is 4.45. The molecule has 2 nitrogen and oxygen atoms in total. The van der Waals surface area contributed by atoms with Crippen molar-refractivity contribution in [2.24, 2.45) is 0 Å². The molecule has 96 valence electrons. The largest absolute Gasteiger partial charge is 0.489 e. The molecule has 1 unspecified atom stereocenters. The second kappa shape index (κ2) is 6.07. The summed E-state index contributed by atoms with van der Waals surface area (Å²) in [6.07, 6.45) is 6.62. The summed E-state index contributed by atoms with van der Waals surface area (Å²) in [5.74, 6) is 1.26. The molecule has 18 heavy (non-hydrogen) atoms. The number of aliphatic hydroxyl groups is 1. The minimum Gasteiger partial charge on any atom is -0.489 e. The van der Waals surface area contributed by atoms with E-state index in [1.165, 1.54) is 0 Å². The van der Waals surface area contributed by atoms with E-state index in [9.17, 15) is 5.11 Å². The number of allylic oxidation sites excluding steroid dienone is 1. The highest BCUT2D eigenvalue weighted by Gasteiger charge is 2.24. The van der Waals surface area contributed by atoms with Gasteiger partial charge in [-0.15, -0.1) is 11.6 Å². The van der Waals surface area contributed by atoms with Gasteiger partial charge in [0, 0.05) is 12.3 Å². The van der Waals surface area contributed by atoms with Crippen LogP contribution < -0.4 is 0 Å². The predicted molar refractivity (Wildman–Crippen MR) is 73.4 cm³/mol. The third-order valence-corrected chi connectivity index (χ3v) is 3.18. The van der Waals surface area contributed by atoms with Crippen molar-refractivity contribution in [3.8, 4) is 0 Å². The lowest BCUT2D eigenvalue weighted by atomic mass is 9.92. The maximum Gasteiger partial charge on any atom is 0.115 e. The van der Waals surface area contributed by atoms with Crippen LogP contribution in [0.25, 0.3) is 0 Å². The number of hydrogen-bond donors (Lipinski definition) is 1. The lowest BCUT2D eigenvalue weighted by molar-refractivity contribution is 0.0851. The van der Waals surface area contributed by atoms with Crippen LogP contribution in [0.3, 0.4) is 0 Å². The van der Waals surface area contributed by atoms with Gasteiger partial charge in [-0.05, 0) is 30.2 Å². The molecule has 1 aliphatic rings. The van der Waals surface area contributed by atoms with Crippen LogP contribution in [-0.2, 0) is 11.3 Å². The number of alkyl halides is 1. The van der Waals surface area contributed by atoms with Crippen molar-refractivity contribution in [2.45, 2.75) is 25.0 Å². The van der Waals surface area contributed by atoms with Gasteiger partial charge in [0.25, 0.3) is 0 Å². The zero-order valence-electron chi connectivity index (χ0n) is 10.2. The Balaban J connectivity index is 1.86. The van der Waals surface area contributed by atoms with Crippen molar-refractivity contribution in [3.63, 3.8) is 0 Å². The van der Waals surface area contributed by atoms with Crippen LogP contribution in [0.15, 0.2) is 54.3 Å². The Morgan fingerprint density at radius 3 is 2.67 bits per heavy atom. The fourth-order valence-corrected chi connectivity index (χ4v) is 2.17. The highest BCUT2D eigenvalue weighted by molar-refractivity contribution is 6.17. The first kappa shape index (κ1) is 13.2. The fraction of sp³-hybridized carbons (Fsp3) is 0.333. The van der Waals surface area contributed by atoms with Crippen molar-refractivity contribution in [2.75, 3.05) is 5.88 Å². The van der Waals surface area contributed by atoms with Gasteiger partial charge in [-0.25, -0.2) is 0 Å². The highest BCUT2D eigenvalue weighted by Crippen LogP contribution is 2.25. The van der Waals surface area contributed by atoms with Gasteiger partial charge in [-0.2, -0.15) is 0 Å². The van der Waals surface area contributed by atoms with Crippen LogP contribution in [0.2, 0.25) is 0 Å². The first-order valence-corrected chi connectivity index (χ1v) is 6.60. The Labute approximate surface area is 113 Å². The summed E-state index contributed by atoms with van der Waals surface area (Å²) in [6, 6.07) is 10.0. The molecule has 1 aromatic carbocycles. The van der Waals surface area contributed by atoms with E-state index in [1.54, 1.807) is 6.08 Å². The topological polar surface area (TPSA) is 29.5 Å². The smallest absolute Gasteiger partial charge is 0.115 e. The molecule has 0 spiro atoms. The summed E-state index contributed by atoms with van der Waals surface area (Å²) in [4.78, 5) is 0. The predicted octanol–water partition coefficient (Wildman–Crippen LogP) is 3.41. The van der Waals surface area contributed by atoms with Crippen LogP contribution >= 0.6 is 11.6 Å². The molecule has 0 fully saturated rings. The molecule has 0 radical (unpaired) electrons. The SMILES string of the molecule is OC1(CCCl)C=CC(OCc2ccccc2)=CC1. The van der Waals surface area contributed by atoms with Crippen LogP contribution in [-0.4, -0.2) is 16.6 Å². The first-order valence-electron chi connectivity index (χ1n) is 6.06. The molecule has 3 heteroatoms. The summed E-state index contributed by atoms with van der Waals surface area (Å²) in [7, 11) is 0. The van der Waals surface area contributed by atoms with E-state index in [4.69, 9.17) is 16.3 Å². The van der Waals surface area contributed by atoms with Crippen LogP contribution in [0.5, 0.6) is 0 Å². The Morgan fingerprint density at radius 2 is 2.06 bits per heavy atom. The van der Waals surface area contributed by atoms with E-state index in [1.807, 2.05) is 42.5 Å².